The van der Waals surface area contributed by atoms with Gasteiger partial charge < -0.3 is 15.7 Å². The Kier molecular flexibility index (Phi) is 6.59. The van der Waals surface area contributed by atoms with Crippen LogP contribution in [-0.2, 0) is 16.0 Å². The molecule has 9 heteroatoms. The van der Waals surface area contributed by atoms with Gasteiger partial charge >= 0.3 is 5.97 Å². The van der Waals surface area contributed by atoms with E-state index in [0.29, 0.717) is 5.56 Å². The molecule has 0 spiro atoms. The molecular weight excluding hydrogens is 354 g/mol. The molecule has 0 aromatic heterocycles. The molecule has 27 heavy (non-hydrogen) atoms. The molecule has 0 radical (unpaired) electrons. The molecule has 9 nitrogen and oxygen atoms in total. The predicted octanol–water partition coefficient (Wildman–Crippen LogP) is 1.14. The fourth-order valence-corrected chi connectivity index (χ4v) is 2.38. The van der Waals surface area contributed by atoms with Crippen LogP contribution in [0.15, 0.2) is 54.6 Å². The van der Waals surface area contributed by atoms with Crippen LogP contribution in [0.4, 0.5) is 5.69 Å². The van der Waals surface area contributed by atoms with Crippen LogP contribution < -0.4 is 10.6 Å². The number of hydrogen-bond acceptors (Lipinski definition) is 5. The lowest BCUT2D eigenvalue weighted by atomic mass is 10.0. The second-order valence-electron chi connectivity index (χ2n) is 5.60. The van der Waals surface area contributed by atoms with E-state index in [9.17, 15) is 29.6 Å². The van der Waals surface area contributed by atoms with Crippen molar-refractivity contribution in [3.63, 3.8) is 0 Å². The van der Waals surface area contributed by atoms with Crippen LogP contribution in [-0.4, -0.2) is 40.4 Å². The fraction of sp³-hybridized carbons (Fsp3) is 0.167. The number of rotatable bonds is 8. The van der Waals surface area contributed by atoms with Gasteiger partial charge in [-0.2, -0.15) is 0 Å². The number of carbonyl (C=O) groups is 3. The van der Waals surface area contributed by atoms with Crippen LogP contribution >= 0.6 is 0 Å². The number of benzene rings is 2. The maximum atomic E-state index is 12.0. The Morgan fingerprint density at radius 1 is 1.04 bits per heavy atom. The molecule has 2 aromatic rings. The Labute approximate surface area is 154 Å². The summed E-state index contributed by atoms with van der Waals surface area (Å²) in [6, 6.07) is 12.6. The van der Waals surface area contributed by atoms with Crippen LogP contribution in [0.5, 0.6) is 0 Å². The summed E-state index contributed by atoms with van der Waals surface area (Å²) in [6.07, 6.45) is -0.259. The number of nitro benzene ring substituents is 1. The van der Waals surface area contributed by atoms with Gasteiger partial charge in [-0.25, -0.2) is 4.79 Å². The molecule has 3 N–H and O–H groups in total. The summed E-state index contributed by atoms with van der Waals surface area (Å²) in [4.78, 5) is 45.7. The van der Waals surface area contributed by atoms with Gasteiger partial charge in [-0.15, -0.1) is 0 Å². The highest BCUT2D eigenvalue weighted by atomic mass is 16.6. The summed E-state index contributed by atoms with van der Waals surface area (Å²) >= 11 is 0. The Hall–Kier alpha value is -3.75. The van der Waals surface area contributed by atoms with Crippen molar-refractivity contribution in [1.82, 2.24) is 10.6 Å². The van der Waals surface area contributed by atoms with Gasteiger partial charge in [0.1, 0.15) is 6.04 Å². The van der Waals surface area contributed by atoms with Crippen LogP contribution in [0.3, 0.4) is 0 Å². The van der Waals surface area contributed by atoms with Crippen molar-refractivity contribution in [2.24, 2.45) is 0 Å². The topological polar surface area (TPSA) is 139 Å². The van der Waals surface area contributed by atoms with Crippen LogP contribution in [0, 0.1) is 10.1 Å². The van der Waals surface area contributed by atoms with E-state index in [-0.39, 0.29) is 17.7 Å². The van der Waals surface area contributed by atoms with Crippen LogP contribution in [0.2, 0.25) is 0 Å². The molecular formula is C18H17N3O6. The second kappa shape index (κ2) is 9.09. The maximum Gasteiger partial charge on any atom is 0.326 e. The Bertz CT molecular complexity index is 853. The van der Waals surface area contributed by atoms with E-state index in [1.165, 1.54) is 18.2 Å². The van der Waals surface area contributed by atoms with Crippen LogP contribution in [0.25, 0.3) is 0 Å². The summed E-state index contributed by atoms with van der Waals surface area (Å²) < 4.78 is 0. The molecule has 0 aliphatic carbocycles. The third kappa shape index (κ3) is 5.63. The zero-order valence-electron chi connectivity index (χ0n) is 14.1. The molecule has 0 fully saturated rings. The number of amides is 2. The molecule has 0 bridgehead atoms. The average Bonchev–Trinajstić information content (AvgIpc) is 2.66. The van der Waals surface area contributed by atoms with Crippen molar-refractivity contribution < 1.29 is 24.4 Å². The first kappa shape index (κ1) is 19.6. The minimum Gasteiger partial charge on any atom is -0.480 e. The number of carboxylic acid groups (broad SMARTS) is 1. The van der Waals surface area contributed by atoms with Crippen molar-refractivity contribution in [2.45, 2.75) is 12.5 Å². The van der Waals surface area contributed by atoms with Gasteiger partial charge in [0.25, 0.3) is 11.6 Å². The standard InChI is InChI=1S/C18H17N3O6/c22-16(11-19-17(23)12-6-2-1-3-7-12)20-14(18(24)25)10-13-8-4-5-9-15(13)21(26)27/h1-9,14H,10-11H2,(H,19,23)(H,20,22)(H,24,25)/t14-/m0/s1. The monoisotopic (exact) mass is 371 g/mol. The lowest BCUT2D eigenvalue weighted by molar-refractivity contribution is -0.385. The lowest BCUT2D eigenvalue weighted by Gasteiger charge is -2.15. The SMILES string of the molecule is O=C(CNC(=O)c1ccccc1)N[C@@H](Cc1ccccc1[N+](=O)[O-])C(=O)O. The molecule has 140 valence electrons. The van der Waals surface area contributed by atoms with Crippen molar-refractivity contribution in [1.29, 1.82) is 0 Å². The normalized spacial score (nSPS) is 11.3. The highest BCUT2D eigenvalue weighted by Gasteiger charge is 2.24. The minimum absolute atomic E-state index is 0.184. The molecule has 0 aliphatic heterocycles. The van der Waals surface area contributed by atoms with Crippen molar-refractivity contribution >= 4 is 23.5 Å². The summed E-state index contributed by atoms with van der Waals surface area (Å²) in [7, 11) is 0. The average molecular weight is 371 g/mol. The highest BCUT2D eigenvalue weighted by Crippen LogP contribution is 2.19. The van der Waals surface area contributed by atoms with E-state index >= 15 is 0 Å². The molecule has 0 aliphatic rings. The maximum absolute atomic E-state index is 12.0. The molecule has 0 saturated carbocycles. The summed E-state index contributed by atoms with van der Waals surface area (Å²) in [5, 5.41) is 25.0. The predicted molar refractivity (Wildman–Crippen MR) is 95.1 cm³/mol. The largest absolute Gasteiger partial charge is 0.480 e. The fourth-order valence-electron chi connectivity index (χ4n) is 2.38. The number of hydrogen-bond donors (Lipinski definition) is 3. The van der Waals surface area contributed by atoms with Crippen LogP contribution in [0.1, 0.15) is 15.9 Å². The van der Waals surface area contributed by atoms with Gasteiger partial charge in [0.2, 0.25) is 5.91 Å². The first-order chi connectivity index (χ1) is 12.9. The van der Waals surface area contributed by atoms with E-state index in [1.54, 1.807) is 36.4 Å². The molecule has 0 unspecified atom stereocenters. The highest BCUT2D eigenvalue weighted by molar-refractivity contribution is 5.96. The van der Waals surface area contributed by atoms with E-state index in [0.717, 1.165) is 0 Å². The van der Waals surface area contributed by atoms with Gasteiger partial charge in [-0.1, -0.05) is 36.4 Å². The van der Waals surface area contributed by atoms with E-state index < -0.39 is 35.3 Å². The molecule has 2 amide bonds. The van der Waals surface area contributed by atoms with Gasteiger partial charge in [0.15, 0.2) is 0 Å². The van der Waals surface area contributed by atoms with E-state index in [2.05, 4.69) is 10.6 Å². The van der Waals surface area contributed by atoms with Gasteiger partial charge in [0.05, 0.1) is 11.5 Å². The number of para-hydroxylation sites is 1. The number of aliphatic carboxylic acids is 1. The quantitative estimate of drug-likeness (QED) is 0.470. The smallest absolute Gasteiger partial charge is 0.326 e. The van der Waals surface area contributed by atoms with Crippen molar-refractivity contribution in [3.05, 3.63) is 75.8 Å². The number of nitro groups is 1. The third-order valence-corrected chi connectivity index (χ3v) is 3.69. The van der Waals surface area contributed by atoms with Gasteiger partial charge in [0, 0.05) is 23.6 Å². The summed E-state index contributed by atoms with van der Waals surface area (Å²) in [5.41, 5.74) is 0.318. The third-order valence-electron chi connectivity index (χ3n) is 3.69. The molecule has 2 aromatic carbocycles. The molecule has 0 heterocycles. The lowest BCUT2D eigenvalue weighted by Crippen LogP contribution is -2.46. The minimum atomic E-state index is -1.37. The van der Waals surface area contributed by atoms with Gasteiger partial charge in [-0.3, -0.25) is 19.7 Å². The van der Waals surface area contributed by atoms with Crippen molar-refractivity contribution in [2.75, 3.05) is 6.54 Å². The van der Waals surface area contributed by atoms with E-state index in [1.807, 2.05) is 0 Å². The zero-order chi connectivity index (χ0) is 19.8. The Balaban J connectivity index is 1.98. The number of carboxylic acids is 1. The molecule has 0 saturated heterocycles. The Morgan fingerprint density at radius 2 is 1.67 bits per heavy atom. The summed E-state index contributed by atoms with van der Waals surface area (Å²) in [6.45, 7) is -0.422. The molecule has 1 atom stereocenters. The Morgan fingerprint density at radius 3 is 2.30 bits per heavy atom. The number of carbonyl (C=O) groups excluding carboxylic acids is 2. The first-order valence-corrected chi connectivity index (χ1v) is 7.96. The number of nitrogens with zero attached hydrogens (tertiary/aromatic N) is 1. The molecule has 2 rings (SSSR count). The zero-order valence-corrected chi connectivity index (χ0v) is 14.1. The second-order valence-corrected chi connectivity index (χ2v) is 5.60. The van der Waals surface area contributed by atoms with Gasteiger partial charge in [-0.05, 0) is 12.1 Å². The number of nitrogens with one attached hydrogen (secondary N) is 2. The summed E-state index contributed by atoms with van der Waals surface area (Å²) in [5.74, 6) is -2.53. The van der Waals surface area contributed by atoms with Crippen molar-refractivity contribution in [3.8, 4) is 0 Å². The first-order valence-electron chi connectivity index (χ1n) is 7.96. The van der Waals surface area contributed by atoms with E-state index in [4.69, 9.17) is 0 Å².